The van der Waals surface area contributed by atoms with Crippen molar-refractivity contribution in [2.45, 2.75) is 52.0 Å². The van der Waals surface area contributed by atoms with Gasteiger partial charge >= 0.3 is 0 Å². The van der Waals surface area contributed by atoms with Gasteiger partial charge in [-0.05, 0) is 52.4 Å². The Bertz CT molecular complexity index is 1340. The number of hydrogen-bond acceptors (Lipinski definition) is 5. The average molecular weight is 500 g/mol. The maximum atomic E-state index is 15.5. The Morgan fingerprint density at radius 3 is 2.53 bits per heavy atom. The highest BCUT2D eigenvalue weighted by molar-refractivity contribution is 6.10. The minimum Gasteiger partial charge on any atom is -0.363 e. The molecule has 6 nitrogen and oxygen atoms in total. The van der Waals surface area contributed by atoms with Crippen molar-refractivity contribution >= 4 is 28.3 Å². The van der Waals surface area contributed by atoms with Crippen molar-refractivity contribution in [2.24, 2.45) is 5.92 Å². The molecule has 9 heteroatoms. The summed E-state index contributed by atoms with van der Waals surface area (Å²) in [6.07, 6.45) is 0. The Kier molecular flexibility index (Phi) is 6.49. The number of aryl methyl sites for hydroxylation is 1. The SMILES string of the molecule is CNC[C@@H](C)C(F)(F)c1cccc([C@@H](C)Nc2nc(C)nc3cc4c(cc23)N(C)C(=O)C4(C)C)c1F. The first-order chi connectivity index (χ1) is 16.8. The summed E-state index contributed by atoms with van der Waals surface area (Å²) < 4.78 is 45.5. The molecule has 0 saturated carbocycles. The highest BCUT2D eigenvalue weighted by Gasteiger charge is 2.43. The van der Waals surface area contributed by atoms with Gasteiger partial charge in [0.2, 0.25) is 5.91 Å². The molecule has 2 heterocycles. The fourth-order valence-corrected chi connectivity index (χ4v) is 4.94. The van der Waals surface area contributed by atoms with E-state index in [9.17, 15) is 4.79 Å². The van der Waals surface area contributed by atoms with Crippen molar-refractivity contribution in [1.29, 1.82) is 0 Å². The minimum absolute atomic E-state index is 0.0207. The van der Waals surface area contributed by atoms with Gasteiger partial charge in [0.25, 0.3) is 5.92 Å². The fourth-order valence-electron chi connectivity index (χ4n) is 4.94. The van der Waals surface area contributed by atoms with Gasteiger partial charge in [0.1, 0.15) is 17.5 Å². The van der Waals surface area contributed by atoms with Crippen LogP contribution in [0.4, 0.5) is 24.7 Å². The molecule has 2 aromatic carbocycles. The largest absolute Gasteiger partial charge is 0.363 e. The van der Waals surface area contributed by atoms with Gasteiger partial charge in [0, 0.05) is 36.1 Å². The van der Waals surface area contributed by atoms with E-state index in [-0.39, 0.29) is 18.0 Å². The summed E-state index contributed by atoms with van der Waals surface area (Å²) in [5.41, 5.74) is 1.08. The van der Waals surface area contributed by atoms with E-state index >= 15 is 13.2 Å². The number of alkyl halides is 2. The lowest BCUT2D eigenvalue weighted by Gasteiger charge is -2.26. The van der Waals surface area contributed by atoms with Crippen LogP contribution in [0.15, 0.2) is 30.3 Å². The molecule has 1 aromatic heterocycles. The fraction of sp³-hybridized carbons (Fsp3) is 0.444. The van der Waals surface area contributed by atoms with Crippen LogP contribution in [0.1, 0.15) is 56.3 Å². The van der Waals surface area contributed by atoms with Gasteiger partial charge in [0.05, 0.1) is 22.5 Å². The number of anilines is 2. The van der Waals surface area contributed by atoms with Gasteiger partial charge in [-0.2, -0.15) is 0 Å². The molecule has 0 aliphatic carbocycles. The average Bonchev–Trinajstić information content (AvgIpc) is 2.97. The number of carbonyl (C=O) groups excluding carboxylic acids is 1. The Labute approximate surface area is 209 Å². The first kappa shape index (κ1) is 25.9. The second-order valence-corrected chi connectivity index (χ2v) is 10.2. The molecular formula is C27H32F3N5O. The molecule has 0 radical (unpaired) electrons. The van der Waals surface area contributed by atoms with Crippen molar-refractivity contribution in [2.75, 3.05) is 30.9 Å². The Hall–Kier alpha value is -3.20. The van der Waals surface area contributed by atoms with E-state index in [1.807, 2.05) is 26.0 Å². The number of amides is 1. The van der Waals surface area contributed by atoms with Gasteiger partial charge in [-0.25, -0.2) is 23.1 Å². The molecule has 0 unspecified atom stereocenters. The quantitative estimate of drug-likeness (QED) is 0.452. The smallest absolute Gasteiger partial charge is 0.279 e. The summed E-state index contributed by atoms with van der Waals surface area (Å²) in [6, 6.07) is 7.17. The van der Waals surface area contributed by atoms with Crippen LogP contribution < -0.4 is 15.5 Å². The number of aromatic nitrogens is 2. The zero-order valence-electron chi connectivity index (χ0n) is 21.6. The molecule has 2 N–H and O–H groups in total. The van der Waals surface area contributed by atoms with E-state index in [2.05, 4.69) is 20.6 Å². The first-order valence-corrected chi connectivity index (χ1v) is 12.0. The van der Waals surface area contributed by atoms with E-state index < -0.39 is 34.7 Å². The van der Waals surface area contributed by atoms with Crippen LogP contribution >= 0.6 is 0 Å². The van der Waals surface area contributed by atoms with E-state index in [4.69, 9.17) is 0 Å². The summed E-state index contributed by atoms with van der Waals surface area (Å²) in [4.78, 5) is 23.5. The Morgan fingerprint density at radius 1 is 1.17 bits per heavy atom. The van der Waals surface area contributed by atoms with Crippen molar-refractivity contribution in [3.63, 3.8) is 0 Å². The van der Waals surface area contributed by atoms with Gasteiger partial charge in [-0.15, -0.1) is 0 Å². The van der Waals surface area contributed by atoms with Crippen molar-refractivity contribution < 1.29 is 18.0 Å². The summed E-state index contributed by atoms with van der Waals surface area (Å²) in [6.45, 7) is 8.64. The van der Waals surface area contributed by atoms with Crippen LogP contribution in [0, 0.1) is 18.7 Å². The first-order valence-electron chi connectivity index (χ1n) is 12.0. The van der Waals surface area contributed by atoms with Gasteiger partial charge in [0.15, 0.2) is 0 Å². The number of likely N-dealkylation sites (N-methyl/N-ethyl adjacent to an activating group) is 1. The third-order valence-electron chi connectivity index (χ3n) is 7.14. The van der Waals surface area contributed by atoms with Crippen LogP contribution in [-0.2, 0) is 16.1 Å². The lowest BCUT2D eigenvalue weighted by atomic mass is 9.85. The number of fused-ring (bicyclic) bond motifs is 2. The highest BCUT2D eigenvalue weighted by atomic mass is 19.3. The molecule has 1 aliphatic rings. The minimum atomic E-state index is -3.34. The maximum Gasteiger partial charge on any atom is 0.279 e. The molecular weight excluding hydrogens is 467 g/mol. The predicted molar refractivity (Wildman–Crippen MR) is 136 cm³/mol. The van der Waals surface area contributed by atoms with Crippen LogP contribution in [0.5, 0.6) is 0 Å². The van der Waals surface area contributed by atoms with E-state index in [1.54, 1.807) is 32.8 Å². The molecule has 0 saturated heterocycles. The zero-order valence-corrected chi connectivity index (χ0v) is 21.6. The highest BCUT2D eigenvalue weighted by Crippen LogP contribution is 2.44. The van der Waals surface area contributed by atoms with E-state index in [0.717, 1.165) is 17.3 Å². The number of hydrogen-bond donors (Lipinski definition) is 2. The summed E-state index contributed by atoms with van der Waals surface area (Å²) in [7, 11) is 3.31. The van der Waals surface area contributed by atoms with Crippen molar-refractivity contribution in [3.8, 4) is 0 Å². The Balaban J connectivity index is 1.75. The molecule has 1 aliphatic heterocycles. The summed E-state index contributed by atoms with van der Waals surface area (Å²) in [5.74, 6) is -4.45. The molecule has 3 aromatic rings. The standard InChI is InChI=1S/C27H32F3N5O/c1-14(13-31-6)27(29,30)19-10-8-9-17(23(19)28)15(2)32-24-18-11-22-20(12-21(18)33-16(3)34-24)26(4,5)25(36)35(22)7/h8-12,14-15,31H,13H2,1-7H3,(H,32,33,34)/t14-,15-/m1/s1. The number of nitrogens with zero attached hydrogens (tertiary/aromatic N) is 3. The third kappa shape index (κ3) is 4.09. The molecule has 0 fully saturated rings. The lowest BCUT2D eigenvalue weighted by molar-refractivity contribution is -0.121. The monoisotopic (exact) mass is 499 g/mol. The summed E-state index contributed by atoms with van der Waals surface area (Å²) >= 11 is 0. The molecule has 0 bridgehead atoms. The van der Waals surface area contributed by atoms with E-state index in [0.29, 0.717) is 22.5 Å². The number of nitrogens with one attached hydrogen (secondary N) is 2. The molecule has 36 heavy (non-hydrogen) atoms. The summed E-state index contributed by atoms with van der Waals surface area (Å²) in [5, 5.41) is 6.59. The van der Waals surface area contributed by atoms with Gasteiger partial charge in [-0.3, -0.25) is 4.79 Å². The molecule has 1 amide bonds. The second kappa shape index (κ2) is 9.03. The van der Waals surface area contributed by atoms with Crippen molar-refractivity contribution in [3.05, 3.63) is 58.7 Å². The second-order valence-electron chi connectivity index (χ2n) is 10.2. The van der Waals surface area contributed by atoms with Crippen LogP contribution in [-0.4, -0.2) is 36.5 Å². The molecule has 0 spiro atoms. The topological polar surface area (TPSA) is 70.2 Å². The number of rotatable bonds is 7. The molecule has 2 atom stereocenters. The number of carbonyl (C=O) groups is 1. The predicted octanol–water partition coefficient (Wildman–Crippen LogP) is 5.45. The van der Waals surface area contributed by atoms with E-state index in [1.165, 1.54) is 19.1 Å². The molecule has 192 valence electrons. The van der Waals surface area contributed by atoms with Crippen LogP contribution in [0.2, 0.25) is 0 Å². The van der Waals surface area contributed by atoms with Crippen molar-refractivity contribution in [1.82, 2.24) is 15.3 Å². The van der Waals surface area contributed by atoms with Crippen LogP contribution in [0.3, 0.4) is 0 Å². The maximum absolute atomic E-state index is 15.5. The van der Waals surface area contributed by atoms with Crippen LogP contribution in [0.25, 0.3) is 10.9 Å². The Morgan fingerprint density at radius 2 is 1.86 bits per heavy atom. The zero-order chi connectivity index (χ0) is 26.6. The third-order valence-corrected chi connectivity index (χ3v) is 7.14. The normalized spacial score (nSPS) is 16.8. The molecule has 4 rings (SSSR count). The number of benzene rings is 2. The van der Waals surface area contributed by atoms with Gasteiger partial charge < -0.3 is 15.5 Å². The number of halogens is 3. The lowest BCUT2D eigenvalue weighted by Crippen LogP contribution is -2.33. The van der Waals surface area contributed by atoms with Gasteiger partial charge in [-0.1, -0.05) is 25.1 Å².